The van der Waals surface area contributed by atoms with Crippen LogP contribution in [0, 0.1) is 0 Å². The molecule has 2 heterocycles. The minimum Gasteiger partial charge on any atom is -0.497 e. The molecule has 0 radical (unpaired) electrons. The highest BCUT2D eigenvalue weighted by molar-refractivity contribution is 5.79. The minimum atomic E-state index is 0.392. The van der Waals surface area contributed by atoms with Crippen LogP contribution in [0.15, 0.2) is 71.3 Å². The van der Waals surface area contributed by atoms with Crippen LogP contribution in [0.25, 0.3) is 45.3 Å². The third kappa shape index (κ3) is 3.26. The molecule has 0 unspecified atom stereocenters. The summed E-state index contributed by atoms with van der Waals surface area (Å²) in [6, 6.07) is 21.3. The summed E-state index contributed by atoms with van der Waals surface area (Å²) in [5.41, 5.74) is 4.50. The van der Waals surface area contributed by atoms with Gasteiger partial charge in [-0.2, -0.15) is 4.98 Å². The van der Waals surface area contributed by atoms with E-state index in [0.29, 0.717) is 23.2 Å². The summed E-state index contributed by atoms with van der Waals surface area (Å²) in [7, 11) is 3.20. The van der Waals surface area contributed by atoms with Gasteiger partial charge in [0.1, 0.15) is 17.3 Å². The van der Waals surface area contributed by atoms with Crippen LogP contribution in [0.1, 0.15) is 0 Å². The van der Waals surface area contributed by atoms with Gasteiger partial charge in [-0.25, -0.2) is 4.98 Å². The molecule has 0 aliphatic carbocycles. The van der Waals surface area contributed by atoms with Gasteiger partial charge in [-0.05, 0) is 24.3 Å². The predicted molar refractivity (Wildman–Crippen MR) is 113 cm³/mol. The number of aromatic nitrogens is 4. The monoisotopic (exact) mass is 398 g/mol. The molecule has 7 heteroatoms. The molecule has 5 aromatic rings. The number of hydrogen-bond acceptors (Lipinski definition) is 6. The molecule has 7 nitrogen and oxygen atoms in total. The van der Waals surface area contributed by atoms with E-state index < -0.39 is 0 Å². The molecule has 0 spiro atoms. The van der Waals surface area contributed by atoms with Crippen LogP contribution in [-0.2, 0) is 0 Å². The second-order valence-corrected chi connectivity index (χ2v) is 6.70. The molecule has 148 valence electrons. The Bertz CT molecular complexity index is 1270. The van der Waals surface area contributed by atoms with Crippen molar-refractivity contribution in [3.8, 4) is 45.7 Å². The molecular weight excluding hydrogens is 380 g/mol. The maximum Gasteiger partial charge on any atom is 0.258 e. The van der Waals surface area contributed by atoms with Gasteiger partial charge >= 0.3 is 0 Å². The smallest absolute Gasteiger partial charge is 0.258 e. The van der Waals surface area contributed by atoms with E-state index in [1.54, 1.807) is 20.3 Å². The molecular formula is C23H18N4O3. The van der Waals surface area contributed by atoms with Crippen molar-refractivity contribution in [1.29, 1.82) is 0 Å². The lowest BCUT2D eigenvalue weighted by Gasteiger charge is -2.05. The zero-order valence-corrected chi connectivity index (χ0v) is 16.4. The first-order valence-corrected chi connectivity index (χ1v) is 9.36. The summed E-state index contributed by atoms with van der Waals surface area (Å²) in [5, 5.41) is 4.12. The fourth-order valence-corrected chi connectivity index (χ4v) is 3.26. The first-order chi connectivity index (χ1) is 14.7. The Morgan fingerprint density at radius 3 is 2.17 bits per heavy atom. The molecule has 30 heavy (non-hydrogen) atoms. The predicted octanol–water partition coefficient (Wildman–Crippen LogP) is 4.96. The fourth-order valence-electron chi connectivity index (χ4n) is 3.26. The summed E-state index contributed by atoms with van der Waals surface area (Å²) in [6.07, 6.45) is 0. The Hall–Kier alpha value is -4.13. The van der Waals surface area contributed by atoms with Crippen molar-refractivity contribution < 1.29 is 14.0 Å². The van der Waals surface area contributed by atoms with Gasteiger partial charge in [0.25, 0.3) is 5.89 Å². The van der Waals surface area contributed by atoms with Gasteiger partial charge in [-0.15, -0.1) is 0 Å². The molecule has 0 aliphatic heterocycles. The van der Waals surface area contributed by atoms with E-state index in [1.165, 1.54) is 0 Å². The second kappa shape index (κ2) is 7.36. The maximum absolute atomic E-state index is 5.47. The maximum atomic E-state index is 5.47. The van der Waals surface area contributed by atoms with Gasteiger partial charge in [-0.1, -0.05) is 41.6 Å². The van der Waals surface area contributed by atoms with Crippen LogP contribution in [0.4, 0.5) is 0 Å². The third-order valence-electron chi connectivity index (χ3n) is 4.83. The van der Waals surface area contributed by atoms with Gasteiger partial charge in [-0.3, -0.25) is 0 Å². The normalized spacial score (nSPS) is 11.0. The summed E-state index contributed by atoms with van der Waals surface area (Å²) >= 11 is 0. The average molecular weight is 398 g/mol. The number of ether oxygens (including phenoxy) is 2. The first kappa shape index (κ1) is 17.9. The largest absolute Gasteiger partial charge is 0.497 e. The number of hydrogen-bond donors (Lipinski definition) is 1. The van der Waals surface area contributed by atoms with Crippen LogP contribution < -0.4 is 9.47 Å². The molecule has 0 amide bonds. The van der Waals surface area contributed by atoms with Crippen molar-refractivity contribution in [2.45, 2.75) is 0 Å². The standard InChI is InChI=1S/C23H18N4O3/c1-28-17-11-16(12-18(13-17)29-2)23-26-22(27-30-23)15-9-7-14(8-10-15)21-24-19-5-3-4-6-20(19)25-21/h3-13H,1-2H3,(H,24,25). The topological polar surface area (TPSA) is 86.1 Å². The van der Waals surface area contributed by atoms with E-state index in [-0.39, 0.29) is 0 Å². The number of nitrogens with zero attached hydrogens (tertiary/aromatic N) is 3. The third-order valence-corrected chi connectivity index (χ3v) is 4.83. The van der Waals surface area contributed by atoms with Gasteiger partial charge in [0, 0.05) is 22.8 Å². The Kier molecular flexibility index (Phi) is 4.40. The molecule has 3 aromatic carbocycles. The molecule has 0 aliphatic rings. The molecule has 0 saturated heterocycles. The Morgan fingerprint density at radius 2 is 1.47 bits per heavy atom. The van der Waals surface area contributed by atoms with E-state index in [1.807, 2.05) is 60.7 Å². The molecule has 1 N–H and O–H groups in total. The Balaban J connectivity index is 1.44. The number of nitrogens with one attached hydrogen (secondary N) is 1. The van der Waals surface area contributed by atoms with Crippen molar-refractivity contribution >= 4 is 11.0 Å². The lowest BCUT2D eigenvalue weighted by molar-refractivity contribution is 0.393. The first-order valence-electron chi connectivity index (χ1n) is 9.36. The number of H-pyrrole nitrogens is 1. The molecule has 5 rings (SSSR count). The van der Waals surface area contributed by atoms with Crippen molar-refractivity contribution in [3.05, 3.63) is 66.7 Å². The summed E-state index contributed by atoms with van der Waals surface area (Å²) in [6.45, 7) is 0. The van der Waals surface area contributed by atoms with Gasteiger partial charge in [0.2, 0.25) is 5.82 Å². The van der Waals surface area contributed by atoms with Gasteiger partial charge in [0.15, 0.2) is 0 Å². The number of fused-ring (bicyclic) bond motifs is 1. The average Bonchev–Trinajstić information content (AvgIpc) is 3.46. The zero-order chi connectivity index (χ0) is 20.5. The van der Waals surface area contributed by atoms with Gasteiger partial charge < -0.3 is 19.0 Å². The SMILES string of the molecule is COc1cc(OC)cc(-c2nc(-c3ccc(-c4nc5ccccc5[nH]4)cc3)no2)c1. The van der Waals surface area contributed by atoms with Crippen molar-refractivity contribution in [3.63, 3.8) is 0 Å². The zero-order valence-electron chi connectivity index (χ0n) is 16.4. The molecule has 0 fully saturated rings. The number of methoxy groups -OCH3 is 2. The molecule has 0 bridgehead atoms. The highest BCUT2D eigenvalue weighted by Crippen LogP contribution is 2.30. The van der Waals surface area contributed by atoms with Crippen LogP contribution in [0.3, 0.4) is 0 Å². The van der Waals surface area contributed by atoms with Crippen LogP contribution in [0.2, 0.25) is 0 Å². The number of benzene rings is 3. The van der Waals surface area contributed by atoms with Crippen molar-refractivity contribution in [2.75, 3.05) is 14.2 Å². The Morgan fingerprint density at radius 1 is 0.767 bits per heavy atom. The van der Waals surface area contributed by atoms with E-state index in [9.17, 15) is 0 Å². The fraction of sp³-hybridized carbons (Fsp3) is 0.0870. The summed E-state index contributed by atoms with van der Waals surface area (Å²) in [5.74, 6) is 3.02. The number of para-hydroxylation sites is 2. The van der Waals surface area contributed by atoms with E-state index in [4.69, 9.17) is 14.0 Å². The highest BCUT2D eigenvalue weighted by atomic mass is 16.5. The molecule has 2 aromatic heterocycles. The second-order valence-electron chi connectivity index (χ2n) is 6.70. The minimum absolute atomic E-state index is 0.392. The van der Waals surface area contributed by atoms with E-state index in [2.05, 4.69) is 20.1 Å². The number of rotatable bonds is 5. The number of aromatic amines is 1. The van der Waals surface area contributed by atoms with Crippen LogP contribution >= 0.6 is 0 Å². The molecule has 0 atom stereocenters. The van der Waals surface area contributed by atoms with Crippen molar-refractivity contribution in [1.82, 2.24) is 20.1 Å². The summed E-state index contributed by atoms with van der Waals surface area (Å²) in [4.78, 5) is 12.5. The number of imidazole rings is 1. The molecule has 0 saturated carbocycles. The Labute approximate surface area is 172 Å². The van der Waals surface area contributed by atoms with E-state index >= 15 is 0 Å². The lowest BCUT2D eigenvalue weighted by atomic mass is 10.1. The lowest BCUT2D eigenvalue weighted by Crippen LogP contribution is -1.89. The van der Waals surface area contributed by atoms with E-state index in [0.717, 1.165) is 33.5 Å². The van der Waals surface area contributed by atoms with Crippen LogP contribution in [0.5, 0.6) is 11.5 Å². The van der Waals surface area contributed by atoms with Crippen LogP contribution in [-0.4, -0.2) is 34.3 Å². The highest BCUT2D eigenvalue weighted by Gasteiger charge is 2.14. The van der Waals surface area contributed by atoms with Gasteiger partial charge in [0.05, 0.1) is 25.3 Å². The quantitative estimate of drug-likeness (QED) is 0.450. The van der Waals surface area contributed by atoms with Crippen molar-refractivity contribution in [2.24, 2.45) is 0 Å². The summed E-state index contributed by atoms with van der Waals surface area (Å²) < 4.78 is 16.1.